The van der Waals surface area contributed by atoms with Crippen LogP contribution in [-0.4, -0.2) is 44.1 Å². The van der Waals surface area contributed by atoms with E-state index in [0.717, 1.165) is 11.1 Å². The van der Waals surface area contributed by atoms with Gasteiger partial charge in [0.1, 0.15) is 17.1 Å². The van der Waals surface area contributed by atoms with Gasteiger partial charge in [0.25, 0.3) is 5.91 Å². The third-order valence-electron chi connectivity index (χ3n) is 6.41. The fraction of sp³-hybridized carbons (Fsp3) is 0.333. The fourth-order valence-corrected chi connectivity index (χ4v) is 4.64. The Labute approximate surface area is 208 Å². The van der Waals surface area contributed by atoms with Crippen molar-refractivity contribution in [3.8, 4) is 11.3 Å². The molecule has 1 saturated heterocycles. The standard InChI is InChI=1S/C27H29FN4O4/c1-17(18-4-6-19(7-5-18)22-14-30-15-23(31-22)24(29)33)32-13-12-27(36-25(32)34,16-26(2,3)35)20-8-10-21(28)11-9-20/h4-11,14-15,17,35H,12-13,16H2,1-3H3,(H2,29,33)/t17-,27-/m0/s1. The molecule has 4 rings (SSSR count). The summed E-state index contributed by atoms with van der Waals surface area (Å²) in [5.74, 6) is -1.04. The number of cyclic esters (lactones) is 1. The molecule has 8 nitrogen and oxygen atoms in total. The Morgan fingerprint density at radius 3 is 2.44 bits per heavy atom. The number of rotatable bonds is 7. The number of benzene rings is 2. The van der Waals surface area contributed by atoms with Gasteiger partial charge in [0.15, 0.2) is 0 Å². The van der Waals surface area contributed by atoms with Crippen LogP contribution in [0.2, 0.25) is 0 Å². The number of hydrogen-bond donors (Lipinski definition) is 2. The van der Waals surface area contributed by atoms with Crippen LogP contribution >= 0.6 is 0 Å². The summed E-state index contributed by atoms with van der Waals surface area (Å²) in [6, 6.07) is 13.0. The maximum Gasteiger partial charge on any atom is 0.411 e. The molecular formula is C27H29FN4O4. The van der Waals surface area contributed by atoms with Crippen LogP contribution in [0.4, 0.5) is 9.18 Å². The molecule has 2 atom stereocenters. The van der Waals surface area contributed by atoms with Gasteiger partial charge in [-0.2, -0.15) is 0 Å². The van der Waals surface area contributed by atoms with Crippen LogP contribution in [0, 0.1) is 5.82 Å². The van der Waals surface area contributed by atoms with Crippen LogP contribution in [0.25, 0.3) is 11.3 Å². The number of carbonyl (C=O) groups excluding carboxylic acids is 2. The van der Waals surface area contributed by atoms with Crippen molar-refractivity contribution in [3.63, 3.8) is 0 Å². The van der Waals surface area contributed by atoms with Crippen molar-refractivity contribution < 1.29 is 23.8 Å². The zero-order chi connectivity index (χ0) is 26.1. The van der Waals surface area contributed by atoms with Crippen molar-refractivity contribution in [3.05, 3.63) is 83.6 Å². The minimum atomic E-state index is -1.10. The number of nitrogens with two attached hydrogens (primary N) is 1. The lowest BCUT2D eigenvalue weighted by Gasteiger charge is -2.45. The average molecular weight is 493 g/mol. The first-order valence-corrected chi connectivity index (χ1v) is 11.7. The van der Waals surface area contributed by atoms with E-state index in [-0.39, 0.29) is 24.0 Å². The first-order valence-electron chi connectivity index (χ1n) is 11.7. The number of halogens is 1. The van der Waals surface area contributed by atoms with Crippen molar-refractivity contribution in [2.24, 2.45) is 5.73 Å². The molecule has 1 aliphatic rings. The maximum absolute atomic E-state index is 13.5. The maximum atomic E-state index is 13.5. The quantitative estimate of drug-likeness (QED) is 0.506. The van der Waals surface area contributed by atoms with Crippen molar-refractivity contribution in [2.45, 2.75) is 50.9 Å². The fourth-order valence-electron chi connectivity index (χ4n) is 4.64. The molecule has 36 heavy (non-hydrogen) atoms. The Morgan fingerprint density at radius 1 is 1.19 bits per heavy atom. The van der Waals surface area contributed by atoms with Gasteiger partial charge in [0.2, 0.25) is 0 Å². The van der Waals surface area contributed by atoms with Gasteiger partial charge in [0, 0.05) is 24.9 Å². The molecule has 1 aromatic heterocycles. The van der Waals surface area contributed by atoms with Gasteiger partial charge < -0.3 is 20.5 Å². The Hall–Kier alpha value is -3.85. The third kappa shape index (κ3) is 5.36. The van der Waals surface area contributed by atoms with Crippen molar-refractivity contribution in [1.82, 2.24) is 14.9 Å². The molecule has 0 unspecified atom stereocenters. The van der Waals surface area contributed by atoms with Gasteiger partial charge in [-0.1, -0.05) is 36.4 Å². The highest BCUT2D eigenvalue weighted by molar-refractivity contribution is 5.90. The Balaban J connectivity index is 1.54. The van der Waals surface area contributed by atoms with Crippen LogP contribution in [0.15, 0.2) is 60.9 Å². The predicted octanol–water partition coefficient (Wildman–Crippen LogP) is 4.34. The number of ether oxygens (including phenoxy) is 1. The Bertz CT molecular complexity index is 1260. The smallest absolute Gasteiger partial charge is 0.411 e. The highest BCUT2D eigenvalue weighted by Gasteiger charge is 2.46. The summed E-state index contributed by atoms with van der Waals surface area (Å²) >= 11 is 0. The first kappa shape index (κ1) is 25.2. The van der Waals surface area contributed by atoms with E-state index in [9.17, 15) is 19.1 Å². The minimum Gasteiger partial charge on any atom is -0.438 e. The molecule has 0 aliphatic carbocycles. The minimum absolute atomic E-state index is 0.0803. The first-order chi connectivity index (χ1) is 17.0. The SMILES string of the molecule is C[C@@H](c1ccc(-c2cncc(C(N)=O)n2)cc1)N1CC[C@](CC(C)(C)O)(c2ccc(F)cc2)OC1=O. The monoisotopic (exact) mass is 492 g/mol. The van der Waals surface area contributed by atoms with E-state index in [1.807, 2.05) is 31.2 Å². The van der Waals surface area contributed by atoms with Crippen LogP contribution in [0.1, 0.15) is 61.3 Å². The molecule has 0 spiro atoms. The lowest BCUT2D eigenvalue weighted by molar-refractivity contribution is -0.101. The molecule has 0 saturated carbocycles. The second-order valence-corrected chi connectivity index (χ2v) is 9.75. The normalized spacial score (nSPS) is 19.0. The van der Waals surface area contributed by atoms with Crippen molar-refractivity contribution in [2.75, 3.05) is 6.54 Å². The van der Waals surface area contributed by atoms with Crippen LogP contribution in [-0.2, 0) is 10.3 Å². The molecule has 3 aromatic rings. The highest BCUT2D eigenvalue weighted by Crippen LogP contribution is 2.42. The lowest BCUT2D eigenvalue weighted by Crippen LogP contribution is -2.51. The summed E-state index contributed by atoms with van der Waals surface area (Å²) in [5, 5.41) is 10.5. The molecule has 0 radical (unpaired) electrons. The zero-order valence-electron chi connectivity index (χ0n) is 20.4. The summed E-state index contributed by atoms with van der Waals surface area (Å²) < 4.78 is 19.5. The summed E-state index contributed by atoms with van der Waals surface area (Å²) in [4.78, 5) is 34.5. The Kier molecular flexibility index (Phi) is 6.77. The van der Waals surface area contributed by atoms with Gasteiger partial charge in [0.05, 0.1) is 29.7 Å². The van der Waals surface area contributed by atoms with Crippen LogP contribution < -0.4 is 5.73 Å². The Morgan fingerprint density at radius 2 is 1.86 bits per heavy atom. The second kappa shape index (κ2) is 9.66. The van der Waals surface area contributed by atoms with Crippen molar-refractivity contribution >= 4 is 12.0 Å². The van der Waals surface area contributed by atoms with Gasteiger partial charge in [-0.25, -0.2) is 14.2 Å². The van der Waals surface area contributed by atoms with E-state index in [1.54, 1.807) is 37.1 Å². The molecule has 9 heteroatoms. The zero-order valence-corrected chi connectivity index (χ0v) is 20.4. The lowest BCUT2D eigenvalue weighted by atomic mass is 9.80. The van der Waals surface area contributed by atoms with Crippen LogP contribution in [0.5, 0.6) is 0 Å². The number of aromatic nitrogens is 2. The molecule has 0 bridgehead atoms. The summed E-state index contributed by atoms with van der Waals surface area (Å²) in [5.41, 5.74) is 6.00. The van der Waals surface area contributed by atoms with E-state index in [4.69, 9.17) is 10.5 Å². The molecule has 1 fully saturated rings. The van der Waals surface area contributed by atoms with Gasteiger partial charge in [-0.15, -0.1) is 0 Å². The van der Waals surface area contributed by atoms with Gasteiger partial charge in [-0.3, -0.25) is 9.78 Å². The van der Waals surface area contributed by atoms with E-state index in [1.165, 1.54) is 18.3 Å². The molecule has 1 aliphatic heterocycles. The summed E-state index contributed by atoms with van der Waals surface area (Å²) in [6.07, 6.45) is 2.97. The second-order valence-electron chi connectivity index (χ2n) is 9.75. The number of hydrogen-bond acceptors (Lipinski definition) is 6. The number of aliphatic hydroxyl groups is 1. The summed E-state index contributed by atoms with van der Waals surface area (Å²) in [7, 11) is 0. The molecule has 2 aromatic carbocycles. The average Bonchev–Trinajstić information content (AvgIpc) is 2.83. The van der Waals surface area contributed by atoms with Gasteiger partial charge in [-0.05, 0) is 44.0 Å². The molecule has 188 valence electrons. The number of primary amides is 1. The third-order valence-corrected chi connectivity index (χ3v) is 6.41. The molecule has 2 amide bonds. The number of nitrogens with zero attached hydrogens (tertiary/aromatic N) is 3. The molecule has 2 heterocycles. The van der Waals surface area contributed by atoms with E-state index < -0.39 is 23.2 Å². The topological polar surface area (TPSA) is 119 Å². The van der Waals surface area contributed by atoms with E-state index in [2.05, 4.69) is 9.97 Å². The largest absolute Gasteiger partial charge is 0.438 e. The summed E-state index contributed by atoms with van der Waals surface area (Å²) in [6.45, 7) is 5.62. The molecule has 3 N–H and O–H groups in total. The molecular weight excluding hydrogens is 463 g/mol. The number of carbonyl (C=O) groups is 2. The number of amides is 2. The predicted molar refractivity (Wildman–Crippen MR) is 131 cm³/mol. The van der Waals surface area contributed by atoms with Crippen molar-refractivity contribution in [1.29, 1.82) is 0 Å². The highest BCUT2D eigenvalue weighted by atomic mass is 19.1. The van der Waals surface area contributed by atoms with Gasteiger partial charge >= 0.3 is 6.09 Å². The van der Waals surface area contributed by atoms with Crippen LogP contribution in [0.3, 0.4) is 0 Å². The van der Waals surface area contributed by atoms with E-state index >= 15 is 0 Å². The van der Waals surface area contributed by atoms with E-state index in [0.29, 0.717) is 24.2 Å².